The van der Waals surface area contributed by atoms with E-state index in [1.807, 2.05) is 0 Å². The largest absolute Gasteiger partial charge is 0.383 e. The van der Waals surface area contributed by atoms with Crippen LogP contribution < -0.4 is 5.32 Å². The van der Waals surface area contributed by atoms with E-state index >= 15 is 0 Å². The van der Waals surface area contributed by atoms with Crippen LogP contribution in [0, 0.1) is 0 Å². The standard InChI is InChI=1S/C11H22N2O2/c1-14-7-5-13(11-2-3-11)8-10-9-15-6-4-12-10/h10-12H,2-9H2,1H3. The molecule has 1 saturated heterocycles. The molecule has 0 bridgehead atoms. The first kappa shape index (κ1) is 11.3. The highest BCUT2D eigenvalue weighted by atomic mass is 16.5. The van der Waals surface area contributed by atoms with Gasteiger partial charge in [-0.3, -0.25) is 4.90 Å². The maximum Gasteiger partial charge on any atom is 0.0632 e. The Labute approximate surface area is 91.9 Å². The fraction of sp³-hybridized carbons (Fsp3) is 1.00. The molecule has 88 valence electrons. The van der Waals surface area contributed by atoms with Gasteiger partial charge in [-0.2, -0.15) is 0 Å². The molecule has 0 spiro atoms. The van der Waals surface area contributed by atoms with Crippen LogP contribution in [-0.2, 0) is 9.47 Å². The fourth-order valence-electron chi connectivity index (χ4n) is 2.09. The van der Waals surface area contributed by atoms with Gasteiger partial charge in [-0.1, -0.05) is 0 Å². The van der Waals surface area contributed by atoms with Gasteiger partial charge in [0.25, 0.3) is 0 Å². The zero-order valence-corrected chi connectivity index (χ0v) is 9.58. The van der Waals surface area contributed by atoms with Crippen molar-refractivity contribution in [2.75, 3.05) is 46.6 Å². The van der Waals surface area contributed by atoms with Crippen LogP contribution in [0.15, 0.2) is 0 Å². The van der Waals surface area contributed by atoms with Crippen LogP contribution >= 0.6 is 0 Å². The lowest BCUT2D eigenvalue weighted by atomic mass is 10.2. The van der Waals surface area contributed by atoms with Crippen molar-refractivity contribution >= 4 is 0 Å². The molecular weight excluding hydrogens is 192 g/mol. The minimum Gasteiger partial charge on any atom is -0.383 e. The number of ether oxygens (including phenoxy) is 2. The van der Waals surface area contributed by atoms with Crippen molar-refractivity contribution in [2.45, 2.75) is 24.9 Å². The smallest absolute Gasteiger partial charge is 0.0632 e. The second-order valence-electron chi connectivity index (χ2n) is 4.44. The van der Waals surface area contributed by atoms with Gasteiger partial charge in [0, 0.05) is 38.8 Å². The van der Waals surface area contributed by atoms with E-state index in [1.54, 1.807) is 7.11 Å². The highest BCUT2D eigenvalue weighted by Gasteiger charge is 2.30. The lowest BCUT2D eigenvalue weighted by molar-refractivity contribution is 0.0549. The maximum atomic E-state index is 5.47. The number of nitrogens with zero attached hydrogens (tertiary/aromatic N) is 1. The molecule has 4 nitrogen and oxygen atoms in total. The molecule has 1 heterocycles. The second-order valence-corrected chi connectivity index (χ2v) is 4.44. The average molecular weight is 214 g/mol. The molecule has 0 aromatic rings. The van der Waals surface area contributed by atoms with Gasteiger partial charge >= 0.3 is 0 Å². The molecule has 4 heteroatoms. The minimum atomic E-state index is 0.510. The SMILES string of the molecule is COCCN(CC1COCCN1)C1CC1. The Morgan fingerprint density at radius 1 is 1.47 bits per heavy atom. The van der Waals surface area contributed by atoms with Crippen molar-refractivity contribution in [1.82, 2.24) is 10.2 Å². The van der Waals surface area contributed by atoms with E-state index in [2.05, 4.69) is 10.2 Å². The van der Waals surface area contributed by atoms with Crippen LogP contribution in [-0.4, -0.2) is 63.5 Å². The van der Waals surface area contributed by atoms with Crippen molar-refractivity contribution in [1.29, 1.82) is 0 Å². The van der Waals surface area contributed by atoms with Gasteiger partial charge in [0.2, 0.25) is 0 Å². The summed E-state index contributed by atoms with van der Waals surface area (Å²) in [6.07, 6.45) is 2.72. The first-order valence-electron chi connectivity index (χ1n) is 5.94. The van der Waals surface area contributed by atoms with Crippen LogP contribution in [0.1, 0.15) is 12.8 Å². The lowest BCUT2D eigenvalue weighted by Gasteiger charge is -2.30. The fourth-order valence-corrected chi connectivity index (χ4v) is 2.09. The zero-order chi connectivity index (χ0) is 10.5. The number of hydrogen-bond acceptors (Lipinski definition) is 4. The molecule has 2 aliphatic rings. The van der Waals surface area contributed by atoms with Crippen LogP contribution in [0.5, 0.6) is 0 Å². The lowest BCUT2D eigenvalue weighted by Crippen LogP contribution is -2.49. The van der Waals surface area contributed by atoms with Gasteiger partial charge in [0.15, 0.2) is 0 Å². The van der Waals surface area contributed by atoms with E-state index in [1.165, 1.54) is 12.8 Å². The first-order chi connectivity index (χ1) is 7.40. The molecule has 1 aliphatic heterocycles. The molecule has 2 rings (SSSR count). The van der Waals surface area contributed by atoms with Crippen LogP contribution in [0.25, 0.3) is 0 Å². The molecule has 0 aromatic heterocycles. The third-order valence-electron chi connectivity index (χ3n) is 3.10. The number of morpholine rings is 1. The molecule has 0 radical (unpaired) electrons. The Morgan fingerprint density at radius 3 is 2.93 bits per heavy atom. The van der Waals surface area contributed by atoms with Crippen molar-refractivity contribution in [3.63, 3.8) is 0 Å². The summed E-state index contributed by atoms with van der Waals surface area (Å²) < 4.78 is 10.6. The molecule has 0 aromatic carbocycles. The van der Waals surface area contributed by atoms with E-state index < -0.39 is 0 Å². The average Bonchev–Trinajstić information content (AvgIpc) is 3.09. The van der Waals surface area contributed by atoms with E-state index in [0.29, 0.717) is 6.04 Å². The Balaban J connectivity index is 1.72. The number of rotatable bonds is 6. The molecule has 2 fully saturated rings. The van der Waals surface area contributed by atoms with E-state index in [0.717, 1.165) is 45.5 Å². The van der Waals surface area contributed by atoms with Crippen LogP contribution in [0.2, 0.25) is 0 Å². The van der Waals surface area contributed by atoms with Gasteiger partial charge < -0.3 is 14.8 Å². The summed E-state index contributed by atoms with van der Waals surface area (Å²) in [6, 6.07) is 1.32. The van der Waals surface area contributed by atoms with Gasteiger partial charge in [-0.15, -0.1) is 0 Å². The highest BCUT2D eigenvalue weighted by molar-refractivity contribution is 4.87. The van der Waals surface area contributed by atoms with E-state index in [4.69, 9.17) is 9.47 Å². The quantitative estimate of drug-likeness (QED) is 0.679. The third kappa shape index (κ3) is 3.72. The molecule has 1 N–H and O–H groups in total. The van der Waals surface area contributed by atoms with Crippen LogP contribution in [0.4, 0.5) is 0 Å². The molecule has 1 saturated carbocycles. The van der Waals surface area contributed by atoms with Crippen molar-refractivity contribution < 1.29 is 9.47 Å². The first-order valence-corrected chi connectivity index (χ1v) is 5.94. The summed E-state index contributed by atoms with van der Waals surface area (Å²) >= 11 is 0. The summed E-state index contributed by atoms with van der Waals surface area (Å²) in [6.45, 7) is 5.71. The monoisotopic (exact) mass is 214 g/mol. The summed E-state index contributed by atoms with van der Waals surface area (Å²) in [4.78, 5) is 2.54. The van der Waals surface area contributed by atoms with Crippen molar-refractivity contribution in [3.8, 4) is 0 Å². The predicted molar refractivity (Wildman–Crippen MR) is 59.1 cm³/mol. The zero-order valence-electron chi connectivity index (χ0n) is 9.58. The molecular formula is C11H22N2O2. The third-order valence-corrected chi connectivity index (χ3v) is 3.10. The van der Waals surface area contributed by atoms with Crippen LogP contribution in [0.3, 0.4) is 0 Å². The van der Waals surface area contributed by atoms with Gasteiger partial charge in [-0.05, 0) is 12.8 Å². The number of nitrogens with one attached hydrogen (secondary N) is 1. The Bertz CT molecular complexity index is 179. The van der Waals surface area contributed by atoms with Crippen molar-refractivity contribution in [3.05, 3.63) is 0 Å². The Morgan fingerprint density at radius 2 is 2.33 bits per heavy atom. The minimum absolute atomic E-state index is 0.510. The predicted octanol–water partition coefficient (Wildman–Crippen LogP) is 0.0856. The summed E-state index contributed by atoms with van der Waals surface area (Å²) in [5.74, 6) is 0. The molecule has 0 amide bonds. The van der Waals surface area contributed by atoms with Gasteiger partial charge in [0.1, 0.15) is 0 Å². The highest BCUT2D eigenvalue weighted by Crippen LogP contribution is 2.26. The topological polar surface area (TPSA) is 33.7 Å². The molecule has 15 heavy (non-hydrogen) atoms. The van der Waals surface area contributed by atoms with Gasteiger partial charge in [-0.25, -0.2) is 0 Å². The summed E-state index contributed by atoms with van der Waals surface area (Å²) in [5, 5.41) is 3.50. The normalized spacial score (nSPS) is 27.2. The van der Waals surface area contributed by atoms with Gasteiger partial charge in [0.05, 0.1) is 19.8 Å². The molecule has 1 unspecified atom stereocenters. The van der Waals surface area contributed by atoms with E-state index in [9.17, 15) is 0 Å². The maximum absolute atomic E-state index is 5.47. The summed E-state index contributed by atoms with van der Waals surface area (Å²) in [5.41, 5.74) is 0. The van der Waals surface area contributed by atoms with Crippen molar-refractivity contribution in [2.24, 2.45) is 0 Å². The van der Waals surface area contributed by atoms with E-state index in [-0.39, 0.29) is 0 Å². The molecule has 1 aliphatic carbocycles. The number of methoxy groups -OCH3 is 1. The Hall–Kier alpha value is -0.160. The second kappa shape index (κ2) is 5.80. The Kier molecular flexibility index (Phi) is 4.38. The number of hydrogen-bond donors (Lipinski definition) is 1. The molecule has 1 atom stereocenters. The summed E-state index contributed by atoms with van der Waals surface area (Å²) in [7, 11) is 1.77.